The first-order valence-corrected chi connectivity index (χ1v) is 7.52. The molecule has 6 atom stereocenters. The number of fused-ring (bicyclic) bond motifs is 1. The van der Waals surface area contributed by atoms with Gasteiger partial charge in [-0.3, -0.25) is 0 Å². The van der Waals surface area contributed by atoms with E-state index >= 15 is 0 Å². The maximum atomic E-state index is 4.10. The Hall–Kier alpha value is -0.0400. The van der Waals surface area contributed by atoms with Crippen molar-refractivity contribution in [2.24, 2.45) is 34.5 Å². The van der Waals surface area contributed by atoms with Gasteiger partial charge in [0.25, 0.3) is 0 Å². The van der Waals surface area contributed by atoms with Crippen LogP contribution in [-0.2, 0) is 0 Å². The molecule has 98 valence electrons. The van der Waals surface area contributed by atoms with Crippen molar-refractivity contribution in [1.82, 2.24) is 0 Å². The molecule has 0 amide bonds. The van der Waals surface area contributed by atoms with E-state index in [4.69, 9.17) is 0 Å². The molecule has 0 saturated heterocycles. The average molecular weight is 235 g/mol. The van der Waals surface area contributed by atoms with Gasteiger partial charge in [-0.25, -0.2) is 0 Å². The fourth-order valence-corrected chi connectivity index (χ4v) is 6.10. The minimum atomic E-state index is 0.569. The van der Waals surface area contributed by atoms with E-state index in [0.717, 1.165) is 29.7 Å². The van der Waals surface area contributed by atoms with E-state index in [9.17, 15) is 0 Å². The highest BCUT2D eigenvalue weighted by Crippen LogP contribution is 2.69. The van der Waals surface area contributed by atoms with Gasteiger partial charge in [-0.2, -0.15) is 7.05 Å². The summed E-state index contributed by atoms with van der Waals surface area (Å²) in [5.41, 5.74) is 1.23. The zero-order chi connectivity index (χ0) is 12.4. The second-order valence-electron chi connectivity index (χ2n) is 8.15. The molecule has 0 aliphatic heterocycles. The van der Waals surface area contributed by atoms with Gasteiger partial charge >= 0.3 is 0 Å². The van der Waals surface area contributed by atoms with Gasteiger partial charge in [-0.05, 0) is 48.3 Å². The molecule has 0 aromatic carbocycles. The lowest BCUT2D eigenvalue weighted by Gasteiger charge is -2.57. The van der Waals surface area contributed by atoms with Crippen molar-refractivity contribution in [3.05, 3.63) is 7.05 Å². The number of hydrogen-bond donors (Lipinski definition) is 1. The fraction of sp³-hybridized carbons (Fsp3) is 0.938. The summed E-state index contributed by atoms with van der Waals surface area (Å²) in [6, 6.07) is 0.794. The van der Waals surface area contributed by atoms with E-state index in [1.54, 1.807) is 0 Å². The van der Waals surface area contributed by atoms with Crippen LogP contribution in [0.2, 0.25) is 0 Å². The second kappa shape index (κ2) is 3.50. The number of nitrogens with two attached hydrogens (primary N) is 1. The third kappa shape index (κ3) is 1.47. The SMILES string of the molecule is [CH2-][NH2+][C@H]1C[C@H]2[C@H]3C[C@]1(C)C[C@]2(C)C[C@@H]3C(C)C. The summed E-state index contributed by atoms with van der Waals surface area (Å²) in [4.78, 5) is 0. The minimum absolute atomic E-state index is 0.569. The molecule has 4 bridgehead atoms. The fourth-order valence-electron chi connectivity index (χ4n) is 6.10. The normalized spacial score (nSPS) is 56.8. The zero-order valence-electron chi connectivity index (χ0n) is 12.0. The molecule has 0 heterocycles. The maximum Gasteiger partial charge on any atom is 0.0677 e. The third-order valence-electron chi connectivity index (χ3n) is 6.72. The van der Waals surface area contributed by atoms with Gasteiger partial charge in [0.15, 0.2) is 0 Å². The van der Waals surface area contributed by atoms with Crippen LogP contribution in [0.15, 0.2) is 0 Å². The van der Waals surface area contributed by atoms with Crippen molar-refractivity contribution in [3.63, 3.8) is 0 Å². The highest BCUT2D eigenvalue weighted by molar-refractivity contribution is 5.13. The van der Waals surface area contributed by atoms with Gasteiger partial charge in [0, 0.05) is 11.8 Å². The number of rotatable bonds is 2. The minimum Gasteiger partial charge on any atom is -0.476 e. The van der Waals surface area contributed by atoms with Crippen LogP contribution >= 0.6 is 0 Å². The molecule has 0 spiro atoms. The quantitative estimate of drug-likeness (QED) is 0.709. The van der Waals surface area contributed by atoms with E-state index in [1.807, 2.05) is 0 Å². The molecule has 0 aromatic heterocycles. The summed E-state index contributed by atoms with van der Waals surface area (Å²) in [5.74, 6) is 3.90. The van der Waals surface area contributed by atoms with Crippen LogP contribution in [0.1, 0.15) is 53.4 Å². The highest BCUT2D eigenvalue weighted by atomic mass is 14.9. The molecule has 0 radical (unpaired) electrons. The smallest absolute Gasteiger partial charge is 0.0677 e. The summed E-state index contributed by atoms with van der Waals surface area (Å²) >= 11 is 0. The Bertz CT molecular complexity index is 323. The molecule has 17 heavy (non-hydrogen) atoms. The molecular weight excluding hydrogens is 206 g/mol. The second-order valence-corrected chi connectivity index (χ2v) is 8.15. The van der Waals surface area contributed by atoms with Crippen molar-refractivity contribution >= 4 is 0 Å². The maximum absolute atomic E-state index is 4.10. The van der Waals surface area contributed by atoms with E-state index in [-0.39, 0.29) is 0 Å². The van der Waals surface area contributed by atoms with Gasteiger partial charge in [0.05, 0.1) is 6.04 Å². The van der Waals surface area contributed by atoms with E-state index < -0.39 is 0 Å². The van der Waals surface area contributed by atoms with Crippen LogP contribution in [0.3, 0.4) is 0 Å². The lowest BCUT2D eigenvalue weighted by Crippen LogP contribution is -2.89. The number of hydrogen-bond acceptors (Lipinski definition) is 0. The van der Waals surface area contributed by atoms with E-state index in [2.05, 4.69) is 40.1 Å². The Labute approximate surface area is 107 Å². The molecular formula is C16H29N. The number of quaternary nitrogens is 1. The van der Waals surface area contributed by atoms with E-state index in [0.29, 0.717) is 10.8 Å². The molecule has 4 aliphatic rings. The van der Waals surface area contributed by atoms with Crippen LogP contribution in [0.5, 0.6) is 0 Å². The Balaban J connectivity index is 1.94. The van der Waals surface area contributed by atoms with Gasteiger partial charge in [0.2, 0.25) is 0 Å². The molecule has 0 aromatic rings. The van der Waals surface area contributed by atoms with E-state index in [1.165, 1.54) is 25.7 Å². The lowest BCUT2D eigenvalue weighted by molar-refractivity contribution is -0.659. The monoisotopic (exact) mass is 235 g/mol. The Morgan fingerprint density at radius 3 is 2.41 bits per heavy atom. The largest absolute Gasteiger partial charge is 0.476 e. The van der Waals surface area contributed by atoms with Crippen LogP contribution in [0.4, 0.5) is 0 Å². The topological polar surface area (TPSA) is 16.6 Å². The summed E-state index contributed by atoms with van der Waals surface area (Å²) in [7, 11) is 4.10. The predicted molar refractivity (Wildman–Crippen MR) is 71.1 cm³/mol. The highest BCUT2D eigenvalue weighted by Gasteiger charge is 2.64. The van der Waals surface area contributed by atoms with Gasteiger partial charge in [-0.15, -0.1) is 0 Å². The van der Waals surface area contributed by atoms with Crippen molar-refractivity contribution in [1.29, 1.82) is 0 Å². The van der Waals surface area contributed by atoms with Crippen LogP contribution < -0.4 is 5.32 Å². The Morgan fingerprint density at radius 1 is 1.18 bits per heavy atom. The molecule has 1 nitrogen and oxygen atoms in total. The average Bonchev–Trinajstić information content (AvgIpc) is 2.43. The first-order valence-electron chi connectivity index (χ1n) is 7.52. The molecule has 1 heteroatoms. The van der Waals surface area contributed by atoms with Crippen LogP contribution in [0, 0.1) is 41.5 Å². The predicted octanol–water partition coefficient (Wildman–Crippen LogP) is 2.83. The standard InChI is InChI=1S/C16H29N/c1-10(2)11-7-15(3)9-16(4)8-12(11)13(15)6-14(16)17-5/h10-14H,5-9,17H2,1-4H3/t11-,12+,13+,14+,15+,16-/m1/s1. The Morgan fingerprint density at radius 2 is 1.88 bits per heavy atom. The lowest BCUT2D eigenvalue weighted by atomic mass is 9.49. The molecule has 4 saturated carbocycles. The first-order chi connectivity index (χ1) is 7.89. The van der Waals surface area contributed by atoms with Gasteiger partial charge < -0.3 is 5.32 Å². The summed E-state index contributed by atoms with van der Waals surface area (Å²) in [5, 5.41) is 2.26. The Kier molecular flexibility index (Phi) is 2.47. The molecule has 0 unspecified atom stereocenters. The van der Waals surface area contributed by atoms with Crippen LogP contribution in [-0.4, -0.2) is 6.04 Å². The van der Waals surface area contributed by atoms with Crippen molar-refractivity contribution in [2.75, 3.05) is 0 Å². The molecule has 4 aliphatic carbocycles. The van der Waals surface area contributed by atoms with Gasteiger partial charge in [0.1, 0.15) is 0 Å². The third-order valence-corrected chi connectivity index (χ3v) is 6.72. The van der Waals surface area contributed by atoms with Crippen molar-refractivity contribution in [3.8, 4) is 0 Å². The van der Waals surface area contributed by atoms with Crippen molar-refractivity contribution in [2.45, 2.75) is 59.4 Å². The van der Waals surface area contributed by atoms with Crippen LogP contribution in [0.25, 0.3) is 0 Å². The summed E-state index contributed by atoms with van der Waals surface area (Å²) in [6.07, 6.45) is 5.87. The molecule has 4 fully saturated rings. The summed E-state index contributed by atoms with van der Waals surface area (Å²) < 4.78 is 0. The summed E-state index contributed by atoms with van der Waals surface area (Å²) in [6.45, 7) is 10.0. The molecule has 2 N–H and O–H groups in total. The van der Waals surface area contributed by atoms with Gasteiger partial charge in [-0.1, -0.05) is 27.7 Å². The van der Waals surface area contributed by atoms with Crippen molar-refractivity contribution < 1.29 is 5.32 Å². The zero-order valence-corrected chi connectivity index (χ0v) is 12.0. The first kappa shape index (κ1) is 12.0. The molecule has 4 rings (SSSR count).